The molecule has 1 aromatic carbocycles. The lowest BCUT2D eigenvalue weighted by Crippen LogP contribution is -2.02. The van der Waals surface area contributed by atoms with Crippen LogP contribution in [-0.2, 0) is 6.61 Å². The average Bonchev–Trinajstić information content (AvgIpc) is 2.76. The SMILES string of the molecule is O=C(O)c1ccoc1COc1ccc(I)cc1. The first-order chi connectivity index (χ1) is 8.16. The van der Waals surface area contributed by atoms with Crippen molar-refractivity contribution in [1.82, 2.24) is 0 Å². The summed E-state index contributed by atoms with van der Waals surface area (Å²) in [4.78, 5) is 10.8. The molecule has 1 heterocycles. The number of furan rings is 1. The fourth-order valence-electron chi connectivity index (χ4n) is 1.32. The highest BCUT2D eigenvalue weighted by Gasteiger charge is 2.13. The molecule has 0 aliphatic carbocycles. The highest BCUT2D eigenvalue weighted by atomic mass is 127. The van der Waals surface area contributed by atoms with Crippen LogP contribution in [0.2, 0.25) is 0 Å². The van der Waals surface area contributed by atoms with Gasteiger partial charge in [-0.15, -0.1) is 0 Å². The Kier molecular flexibility index (Phi) is 3.68. The third-order valence-corrected chi connectivity index (χ3v) is 2.88. The van der Waals surface area contributed by atoms with Crippen molar-refractivity contribution in [3.8, 4) is 5.75 Å². The van der Waals surface area contributed by atoms with Gasteiger partial charge in [0.15, 0.2) is 5.76 Å². The topological polar surface area (TPSA) is 59.7 Å². The number of halogens is 1. The van der Waals surface area contributed by atoms with Crippen molar-refractivity contribution in [3.63, 3.8) is 0 Å². The maximum Gasteiger partial charge on any atom is 0.339 e. The van der Waals surface area contributed by atoms with E-state index in [0.29, 0.717) is 11.5 Å². The van der Waals surface area contributed by atoms with E-state index >= 15 is 0 Å². The fraction of sp³-hybridized carbons (Fsp3) is 0.0833. The van der Waals surface area contributed by atoms with Crippen molar-refractivity contribution < 1.29 is 19.1 Å². The minimum Gasteiger partial charge on any atom is -0.486 e. The van der Waals surface area contributed by atoms with Crippen LogP contribution in [0.15, 0.2) is 41.0 Å². The smallest absolute Gasteiger partial charge is 0.339 e. The lowest BCUT2D eigenvalue weighted by molar-refractivity contribution is 0.0692. The summed E-state index contributed by atoms with van der Waals surface area (Å²) in [5.41, 5.74) is 0.135. The van der Waals surface area contributed by atoms with E-state index in [1.54, 1.807) is 0 Å². The molecule has 0 amide bonds. The number of benzene rings is 1. The largest absolute Gasteiger partial charge is 0.486 e. The normalized spacial score (nSPS) is 10.2. The maximum absolute atomic E-state index is 10.8. The van der Waals surface area contributed by atoms with Crippen LogP contribution in [0.25, 0.3) is 0 Å². The van der Waals surface area contributed by atoms with E-state index in [9.17, 15) is 4.79 Å². The number of hydrogen-bond donors (Lipinski definition) is 1. The Morgan fingerprint density at radius 3 is 2.65 bits per heavy atom. The lowest BCUT2D eigenvalue weighted by atomic mass is 10.2. The first-order valence-electron chi connectivity index (χ1n) is 4.85. The van der Waals surface area contributed by atoms with Crippen molar-refractivity contribution >= 4 is 28.6 Å². The summed E-state index contributed by atoms with van der Waals surface area (Å²) in [5.74, 6) is -0.0193. The molecule has 0 unspecified atom stereocenters. The summed E-state index contributed by atoms with van der Waals surface area (Å²) in [6.45, 7) is 0.106. The van der Waals surface area contributed by atoms with Crippen molar-refractivity contribution in [1.29, 1.82) is 0 Å². The molecule has 2 rings (SSSR count). The number of hydrogen-bond acceptors (Lipinski definition) is 3. The molecule has 5 heteroatoms. The molecule has 17 heavy (non-hydrogen) atoms. The van der Waals surface area contributed by atoms with Gasteiger partial charge in [-0.1, -0.05) is 0 Å². The Hall–Kier alpha value is -1.50. The van der Waals surface area contributed by atoms with Gasteiger partial charge in [0, 0.05) is 3.57 Å². The van der Waals surface area contributed by atoms with Gasteiger partial charge in [-0.3, -0.25) is 0 Å². The number of carboxylic acids is 1. The molecular weight excluding hydrogens is 335 g/mol. The second-order valence-corrected chi connectivity index (χ2v) is 4.55. The summed E-state index contributed by atoms with van der Waals surface area (Å²) < 4.78 is 11.6. The van der Waals surface area contributed by atoms with E-state index < -0.39 is 5.97 Å². The zero-order valence-electron chi connectivity index (χ0n) is 8.72. The highest BCUT2D eigenvalue weighted by Crippen LogP contribution is 2.17. The van der Waals surface area contributed by atoms with Gasteiger partial charge in [-0.05, 0) is 52.9 Å². The monoisotopic (exact) mass is 344 g/mol. The van der Waals surface area contributed by atoms with E-state index in [1.165, 1.54) is 12.3 Å². The van der Waals surface area contributed by atoms with Gasteiger partial charge in [0.2, 0.25) is 0 Å². The van der Waals surface area contributed by atoms with Crippen LogP contribution in [0.3, 0.4) is 0 Å². The van der Waals surface area contributed by atoms with Crippen LogP contribution in [0.4, 0.5) is 0 Å². The third kappa shape index (κ3) is 3.00. The molecule has 88 valence electrons. The van der Waals surface area contributed by atoms with E-state index in [0.717, 1.165) is 3.57 Å². The van der Waals surface area contributed by atoms with Gasteiger partial charge in [-0.2, -0.15) is 0 Å². The summed E-state index contributed by atoms with van der Waals surface area (Å²) in [6.07, 6.45) is 1.34. The van der Waals surface area contributed by atoms with E-state index in [1.807, 2.05) is 24.3 Å². The molecule has 0 aliphatic rings. The van der Waals surface area contributed by atoms with Crippen LogP contribution in [0, 0.1) is 3.57 Å². The number of carbonyl (C=O) groups is 1. The molecule has 0 saturated carbocycles. The number of rotatable bonds is 4. The Labute approximate surface area is 111 Å². The number of carboxylic acid groups (broad SMARTS) is 1. The molecule has 1 N–H and O–H groups in total. The predicted octanol–water partition coefficient (Wildman–Crippen LogP) is 3.16. The first-order valence-corrected chi connectivity index (χ1v) is 5.93. The Morgan fingerprint density at radius 1 is 1.29 bits per heavy atom. The van der Waals surface area contributed by atoms with Gasteiger partial charge in [0.25, 0.3) is 0 Å². The van der Waals surface area contributed by atoms with Crippen LogP contribution < -0.4 is 4.74 Å². The van der Waals surface area contributed by atoms with Gasteiger partial charge >= 0.3 is 5.97 Å². The van der Waals surface area contributed by atoms with Crippen LogP contribution in [0.1, 0.15) is 16.1 Å². The molecule has 2 aromatic rings. The van der Waals surface area contributed by atoms with Crippen LogP contribution in [-0.4, -0.2) is 11.1 Å². The van der Waals surface area contributed by atoms with Crippen LogP contribution in [0.5, 0.6) is 5.75 Å². The Bertz CT molecular complexity index is 516. The Morgan fingerprint density at radius 2 is 2.00 bits per heavy atom. The van der Waals surface area contributed by atoms with Gasteiger partial charge in [0.05, 0.1) is 6.26 Å². The second kappa shape index (κ2) is 5.22. The van der Waals surface area contributed by atoms with Crippen molar-refractivity contribution in [2.45, 2.75) is 6.61 Å². The van der Waals surface area contributed by atoms with E-state index in [4.69, 9.17) is 14.3 Å². The zero-order valence-corrected chi connectivity index (χ0v) is 10.9. The van der Waals surface area contributed by atoms with Crippen molar-refractivity contribution in [2.24, 2.45) is 0 Å². The van der Waals surface area contributed by atoms with Gasteiger partial charge < -0.3 is 14.3 Å². The number of ether oxygens (including phenoxy) is 1. The number of aromatic carboxylic acids is 1. The Balaban J connectivity index is 2.05. The molecule has 0 fully saturated rings. The standard InChI is InChI=1S/C12H9IO4/c13-8-1-3-9(4-2-8)17-7-11-10(12(14)15)5-6-16-11/h1-6H,7H2,(H,14,15). The summed E-state index contributed by atoms with van der Waals surface area (Å²) in [5, 5.41) is 8.87. The predicted molar refractivity (Wildman–Crippen MR) is 69.2 cm³/mol. The third-order valence-electron chi connectivity index (χ3n) is 2.16. The van der Waals surface area contributed by atoms with Gasteiger partial charge in [0.1, 0.15) is 17.9 Å². The highest BCUT2D eigenvalue weighted by molar-refractivity contribution is 14.1. The molecule has 0 bridgehead atoms. The van der Waals surface area contributed by atoms with Crippen LogP contribution >= 0.6 is 22.6 Å². The van der Waals surface area contributed by atoms with Crippen molar-refractivity contribution in [3.05, 3.63) is 51.5 Å². The second-order valence-electron chi connectivity index (χ2n) is 3.31. The maximum atomic E-state index is 10.8. The minimum atomic E-state index is -1.01. The van der Waals surface area contributed by atoms with E-state index in [-0.39, 0.29) is 12.2 Å². The molecule has 1 aromatic heterocycles. The van der Waals surface area contributed by atoms with Crippen molar-refractivity contribution in [2.75, 3.05) is 0 Å². The molecule has 0 atom stereocenters. The van der Waals surface area contributed by atoms with Gasteiger partial charge in [-0.25, -0.2) is 4.79 Å². The quantitative estimate of drug-likeness (QED) is 0.866. The summed E-state index contributed by atoms with van der Waals surface area (Å²) in [7, 11) is 0. The molecule has 0 spiro atoms. The zero-order chi connectivity index (χ0) is 12.3. The minimum absolute atomic E-state index is 0.106. The lowest BCUT2D eigenvalue weighted by Gasteiger charge is -2.04. The first kappa shape index (κ1) is 12.0. The molecule has 4 nitrogen and oxygen atoms in total. The summed E-state index contributed by atoms with van der Waals surface area (Å²) >= 11 is 2.20. The fourth-order valence-corrected chi connectivity index (χ4v) is 1.68. The molecule has 0 aliphatic heterocycles. The summed E-state index contributed by atoms with van der Waals surface area (Å²) in [6, 6.07) is 8.89. The van der Waals surface area contributed by atoms with E-state index in [2.05, 4.69) is 22.6 Å². The average molecular weight is 344 g/mol. The molecule has 0 saturated heterocycles. The molecule has 0 radical (unpaired) electrons. The molecular formula is C12H9IO4.